The first-order valence-electron chi connectivity index (χ1n) is 10.3. The van der Waals surface area contributed by atoms with Crippen LogP contribution in [0.15, 0.2) is 34.2 Å². The maximum Gasteiger partial charge on any atom is 0.276 e. The minimum atomic E-state index is -3.74. The lowest BCUT2D eigenvalue weighted by Gasteiger charge is -2.10. The molecule has 0 aromatic carbocycles. The number of amides is 2. The van der Waals surface area contributed by atoms with Gasteiger partial charge in [0.25, 0.3) is 11.8 Å². The van der Waals surface area contributed by atoms with E-state index in [9.17, 15) is 18.0 Å². The second kappa shape index (κ2) is 9.62. The van der Waals surface area contributed by atoms with E-state index in [0.29, 0.717) is 22.7 Å². The van der Waals surface area contributed by atoms with Crippen LogP contribution in [0.5, 0.6) is 0 Å². The molecule has 2 amide bonds. The van der Waals surface area contributed by atoms with Gasteiger partial charge in [0.1, 0.15) is 10.8 Å². The van der Waals surface area contributed by atoms with Gasteiger partial charge in [-0.15, -0.1) is 11.3 Å². The van der Waals surface area contributed by atoms with Crippen molar-refractivity contribution in [3.8, 4) is 0 Å². The number of halogens is 1. The molecule has 0 bridgehead atoms. The minimum absolute atomic E-state index is 0.0872. The number of aryl methyl sites for hydroxylation is 1. The van der Waals surface area contributed by atoms with E-state index >= 15 is 0 Å². The zero-order chi connectivity index (χ0) is 23.6. The van der Waals surface area contributed by atoms with Crippen molar-refractivity contribution in [1.29, 1.82) is 0 Å². The van der Waals surface area contributed by atoms with Gasteiger partial charge in [-0.2, -0.15) is 0 Å². The predicted octanol–water partition coefficient (Wildman–Crippen LogP) is 3.64. The van der Waals surface area contributed by atoms with Crippen molar-refractivity contribution in [2.45, 2.75) is 44.3 Å². The summed E-state index contributed by atoms with van der Waals surface area (Å²) in [6.07, 6.45) is 5.49. The maximum absolute atomic E-state index is 13.0. The molecule has 0 unspecified atom stereocenters. The Balaban J connectivity index is 1.61. The number of carbonyl (C=O) groups excluding carboxylic acids is 2. The zero-order valence-electron chi connectivity index (χ0n) is 17.7. The summed E-state index contributed by atoms with van der Waals surface area (Å²) in [6.45, 7) is 1.93. The lowest BCUT2D eigenvalue weighted by atomic mass is 10.1. The van der Waals surface area contributed by atoms with E-state index in [1.54, 1.807) is 19.1 Å². The Morgan fingerprint density at radius 3 is 2.82 bits per heavy atom. The molecule has 3 aromatic rings. The van der Waals surface area contributed by atoms with Gasteiger partial charge in [0, 0.05) is 4.88 Å². The number of rotatable bonds is 8. The molecule has 1 aliphatic rings. The van der Waals surface area contributed by atoms with Crippen molar-refractivity contribution >= 4 is 49.6 Å². The average Bonchev–Trinajstić information content (AvgIpc) is 3.50. The molecule has 33 heavy (non-hydrogen) atoms. The van der Waals surface area contributed by atoms with Crippen LogP contribution in [0.1, 0.15) is 56.8 Å². The lowest BCUT2D eigenvalue weighted by Crippen LogP contribution is -2.25. The molecule has 3 heterocycles. The average molecular weight is 509 g/mol. The molecule has 3 aromatic heterocycles. The Hall–Kier alpha value is -2.76. The Morgan fingerprint density at radius 1 is 1.27 bits per heavy atom. The number of hydrogen-bond donors (Lipinski definition) is 2. The number of hydrogen-bond acceptors (Lipinski definition) is 8. The summed E-state index contributed by atoms with van der Waals surface area (Å²) in [7, 11) is -3.74. The van der Waals surface area contributed by atoms with Crippen LogP contribution < -0.4 is 10.6 Å². The number of carbonyl (C=O) groups is 2. The fourth-order valence-corrected chi connectivity index (χ4v) is 6.21. The monoisotopic (exact) mass is 508 g/mol. The van der Waals surface area contributed by atoms with Gasteiger partial charge in [-0.3, -0.25) is 9.59 Å². The highest BCUT2D eigenvalue weighted by molar-refractivity contribution is 7.91. The van der Waals surface area contributed by atoms with Crippen molar-refractivity contribution in [1.82, 2.24) is 15.3 Å². The van der Waals surface area contributed by atoms with Gasteiger partial charge in [0.05, 0.1) is 35.3 Å². The molecule has 12 heteroatoms. The normalized spacial score (nSPS) is 13.0. The van der Waals surface area contributed by atoms with Gasteiger partial charge in [-0.05, 0) is 43.4 Å². The topological polar surface area (TPSA) is 131 Å². The Morgan fingerprint density at radius 2 is 2.09 bits per heavy atom. The summed E-state index contributed by atoms with van der Waals surface area (Å²) in [5.74, 6) is -0.585. The largest absolute Gasteiger partial charge is 0.467 e. The number of nitrogens with zero attached hydrogens (tertiary/aromatic N) is 2. The van der Waals surface area contributed by atoms with Crippen LogP contribution in [0, 0.1) is 0 Å². The summed E-state index contributed by atoms with van der Waals surface area (Å²) in [5.41, 5.74) is 1.04. The number of furan rings is 1. The molecule has 4 rings (SSSR count). The van der Waals surface area contributed by atoms with E-state index < -0.39 is 20.9 Å². The summed E-state index contributed by atoms with van der Waals surface area (Å²) in [5, 5.41) is 5.35. The molecule has 0 spiro atoms. The molecule has 0 atom stereocenters. The van der Waals surface area contributed by atoms with E-state index in [1.165, 1.54) is 17.6 Å². The third-order valence-electron chi connectivity index (χ3n) is 5.07. The number of thiophene rings is 1. The van der Waals surface area contributed by atoms with Gasteiger partial charge in [0.2, 0.25) is 15.0 Å². The van der Waals surface area contributed by atoms with E-state index in [-0.39, 0.29) is 28.9 Å². The molecule has 0 saturated carbocycles. The van der Waals surface area contributed by atoms with Crippen LogP contribution in [0.4, 0.5) is 5.00 Å². The van der Waals surface area contributed by atoms with E-state index in [4.69, 9.17) is 16.0 Å². The van der Waals surface area contributed by atoms with Crippen LogP contribution in [-0.2, 0) is 29.2 Å². The summed E-state index contributed by atoms with van der Waals surface area (Å²) in [4.78, 5) is 34.7. The molecule has 174 valence electrons. The lowest BCUT2D eigenvalue weighted by molar-refractivity contribution is 0.0948. The zero-order valence-corrected chi connectivity index (χ0v) is 20.1. The number of aromatic nitrogens is 2. The first-order valence-corrected chi connectivity index (χ1v) is 13.2. The molecule has 9 nitrogen and oxygen atoms in total. The third kappa shape index (κ3) is 4.94. The van der Waals surface area contributed by atoms with Crippen molar-refractivity contribution < 1.29 is 22.4 Å². The molecule has 2 N–H and O–H groups in total. The van der Waals surface area contributed by atoms with Gasteiger partial charge < -0.3 is 15.1 Å². The Labute approximate surface area is 199 Å². The van der Waals surface area contributed by atoms with Crippen molar-refractivity contribution in [3.05, 3.63) is 57.1 Å². The summed E-state index contributed by atoms with van der Waals surface area (Å²) < 4.78 is 29.9. The smallest absolute Gasteiger partial charge is 0.276 e. The van der Waals surface area contributed by atoms with Crippen LogP contribution in [0.25, 0.3) is 0 Å². The quantitative estimate of drug-likeness (QED) is 0.444. The van der Waals surface area contributed by atoms with Crippen molar-refractivity contribution in [3.63, 3.8) is 0 Å². The highest BCUT2D eigenvalue weighted by Gasteiger charge is 2.29. The minimum Gasteiger partial charge on any atom is -0.467 e. The molecule has 0 fully saturated rings. The van der Waals surface area contributed by atoms with Gasteiger partial charge in [0.15, 0.2) is 5.69 Å². The fraction of sp³-hybridized carbons (Fsp3) is 0.333. The Bertz CT molecular complexity index is 1300. The third-order valence-corrected chi connectivity index (χ3v) is 8.25. The highest BCUT2D eigenvalue weighted by Crippen LogP contribution is 2.39. The molecular weight excluding hydrogens is 488 g/mol. The molecule has 0 aliphatic heterocycles. The number of fused-ring (bicyclic) bond motifs is 1. The summed E-state index contributed by atoms with van der Waals surface area (Å²) >= 11 is 7.43. The standard InChI is InChI=1S/C21H21ClN4O5S2/c1-2-9-33(29,30)21-24-11-14(22)17(25-21)19(28)26-20-16(13-6-3-7-15(13)32-20)18(27)23-10-12-5-4-8-31-12/h4-5,8,11H,2-3,6-7,9-10H2,1H3,(H,23,27)(H,26,28). The van der Waals surface area contributed by atoms with E-state index in [2.05, 4.69) is 20.6 Å². The fourth-order valence-electron chi connectivity index (χ4n) is 3.58. The Kier molecular flexibility index (Phi) is 6.82. The molecule has 0 saturated heterocycles. The van der Waals surface area contributed by atoms with Crippen LogP contribution in [-0.4, -0.2) is 36.0 Å². The van der Waals surface area contributed by atoms with Crippen LogP contribution in [0.3, 0.4) is 0 Å². The maximum atomic E-state index is 13.0. The second-order valence-corrected chi connectivity index (χ2v) is 11.0. The van der Waals surface area contributed by atoms with Crippen LogP contribution in [0.2, 0.25) is 5.02 Å². The highest BCUT2D eigenvalue weighted by atomic mass is 35.5. The SMILES string of the molecule is CCCS(=O)(=O)c1ncc(Cl)c(C(=O)Nc2sc3c(c2C(=O)NCc2ccco2)CCC3)n1. The van der Waals surface area contributed by atoms with Gasteiger partial charge in [-0.1, -0.05) is 18.5 Å². The van der Waals surface area contributed by atoms with E-state index in [1.807, 2.05) is 0 Å². The first kappa shape index (κ1) is 23.4. The summed E-state index contributed by atoms with van der Waals surface area (Å²) in [6, 6.07) is 3.48. The van der Waals surface area contributed by atoms with Crippen LogP contribution >= 0.6 is 22.9 Å². The van der Waals surface area contributed by atoms with Gasteiger partial charge in [-0.25, -0.2) is 18.4 Å². The van der Waals surface area contributed by atoms with Gasteiger partial charge >= 0.3 is 0 Å². The van der Waals surface area contributed by atoms with Crippen molar-refractivity contribution in [2.24, 2.45) is 0 Å². The predicted molar refractivity (Wildman–Crippen MR) is 124 cm³/mol. The molecule has 1 aliphatic carbocycles. The number of nitrogens with one attached hydrogen (secondary N) is 2. The number of anilines is 1. The molecule has 0 radical (unpaired) electrons. The first-order chi connectivity index (χ1) is 15.8. The van der Waals surface area contributed by atoms with E-state index in [0.717, 1.165) is 35.9 Å². The van der Waals surface area contributed by atoms with Crippen molar-refractivity contribution in [2.75, 3.05) is 11.1 Å². The number of sulfone groups is 1. The second-order valence-electron chi connectivity index (χ2n) is 7.45. The molecular formula is C21H21ClN4O5S2.